The van der Waals surface area contributed by atoms with Gasteiger partial charge in [0.25, 0.3) is 11.8 Å². The molecule has 0 bridgehead atoms. The molecule has 1 amide bonds. The molecule has 0 aliphatic carbocycles. The van der Waals surface area contributed by atoms with Crippen molar-refractivity contribution in [3.05, 3.63) is 34.4 Å². The summed E-state index contributed by atoms with van der Waals surface area (Å²) in [6.07, 6.45) is 3.52. The number of hydrogen-bond acceptors (Lipinski definition) is 7. The molecule has 3 aromatic heterocycles. The molecule has 24 heavy (non-hydrogen) atoms. The minimum absolute atomic E-state index is 0.107. The minimum Gasteiger partial charge on any atom is -0.338 e. The Morgan fingerprint density at radius 3 is 2.88 bits per heavy atom. The maximum atomic E-state index is 12.4. The van der Waals surface area contributed by atoms with Crippen LogP contribution in [0.1, 0.15) is 35.1 Å². The fourth-order valence-corrected chi connectivity index (χ4v) is 3.49. The maximum Gasteiger partial charge on any atom is 0.280 e. The van der Waals surface area contributed by atoms with E-state index in [1.807, 2.05) is 32.6 Å². The lowest BCUT2D eigenvalue weighted by molar-refractivity contribution is 0.0690. The maximum absolute atomic E-state index is 12.4. The molecule has 8 nitrogen and oxygen atoms in total. The Hall–Kier alpha value is -2.55. The molecular weight excluding hydrogens is 328 g/mol. The number of piperidine rings is 1. The van der Waals surface area contributed by atoms with Crippen molar-refractivity contribution in [3.8, 4) is 11.6 Å². The van der Waals surface area contributed by atoms with Gasteiger partial charge in [-0.2, -0.15) is 16.3 Å². The summed E-state index contributed by atoms with van der Waals surface area (Å²) in [6.45, 7) is 3.19. The molecule has 0 aromatic carbocycles. The highest BCUT2D eigenvalue weighted by atomic mass is 32.1. The molecule has 4 rings (SSSR count). The highest BCUT2D eigenvalue weighted by molar-refractivity contribution is 7.08. The van der Waals surface area contributed by atoms with E-state index in [-0.39, 0.29) is 11.9 Å². The van der Waals surface area contributed by atoms with Crippen LogP contribution in [0.5, 0.6) is 0 Å². The fourth-order valence-electron chi connectivity index (χ4n) is 2.86. The smallest absolute Gasteiger partial charge is 0.280 e. The van der Waals surface area contributed by atoms with Crippen LogP contribution < -0.4 is 0 Å². The van der Waals surface area contributed by atoms with E-state index in [2.05, 4.69) is 20.5 Å². The summed E-state index contributed by atoms with van der Waals surface area (Å²) in [7, 11) is 0. The first-order valence-corrected chi connectivity index (χ1v) is 8.69. The zero-order valence-corrected chi connectivity index (χ0v) is 13.9. The second-order valence-corrected chi connectivity index (χ2v) is 6.55. The Balaban J connectivity index is 1.41. The quantitative estimate of drug-likeness (QED) is 0.723. The summed E-state index contributed by atoms with van der Waals surface area (Å²) in [6, 6.07) is 2.09. The first kappa shape index (κ1) is 15.0. The highest BCUT2D eigenvalue weighted by Gasteiger charge is 2.26. The summed E-state index contributed by atoms with van der Waals surface area (Å²) in [4.78, 5) is 18.4. The summed E-state index contributed by atoms with van der Waals surface area (Å²) >= 11 is 1.54. The molecular formula is C15H16N6O2S. The average molecular weight is 344 g/mol. The van der Waals surface area contributed by atoms with Crippen LogP contribution in [0.15, 0.2) is 27.5 Å². The second-order valence-electron chi connectivity index (χ2n) is 5.77. The first-order valence-electron chi connectivity index (χ1n) is 7.74. The monoisotopic (exact) mass is 344 g/mol. The van der Waals surface area contributed by atoms with Crippen molar-refractivity contribution in [1.29, 1.82) is 0 Å². The predicted molar refractivity (Wildman–Crippen MR) is 86.5 cm³/mol. The third-order valence-electron chi connectivity index (χ3n) is 4.15. The second kappa shape index (κ2) is 6.16. The lowest BCUT2D eigenvalue weighted by atomic mass is 10.0. The van der Waals surface area contributed by atoms with Crippen molar-refractivity contribution < 1.29 is 9.32 Å². The normalized spacial score (nSPS) is 15.8. The Kier molecular flexibility index (Phi) is 3.85. The minimum atomic E-state index is 0.107. The van der Waals surface area contributed by atoms with Crippen LogP contribution >= 0.6 is 11.3 Å². The molecule has 4 heterocycles. The largest absolute Gasteiger partial charge is 0.338 e. The molecule has 0 atom stereocenters. The lowest BCUT2D eigenvalue weighted by Gasteiger charge is -2.31. The number of nitrogens with zero attached hydrogens (tertiary/aromatic N) is 6. The van der Waals surface area contributed by atoms with Crippen LogP contribution in [0, 0.1) is 6.92 Å². The van der Waals surface area contributed by atoms with E-state index in [9.17, 15) is 4.79 Å². The van der Waals surface area contributed by atoms with Gasteiger partial charge in [-0.05, 0) is 31.2 Å². The SMILES string of the molecule is Cc1noc(-c2cn(C3CCN(C(=O)c4ccsc4)CC3)nn2)n1. The standard InChI is InChI=1S/C15H16N6O2S/c1-10-16-14(23-18-10)13-8-21(19-17-13)12-2-5-20(6-3-12)15(22)11-4-7-24-9-11/h4,7-9,12H,2-3,5-6H2,1H3. The van der Waals surface area contributed by atoms with Gasteiger partial charge in [0.2, 0.25) is 0 Å². The molecule has 1 aliphatic heterocycles. The zero-order valence-electron chi connectivity index (χ0n) is 13.1. The van der Waals surface area contributed by atoms with Crippen LogP contribution in [0.25, 0.3) is 11.6 Å². The van der Waals surface area contributed by atoms with Crippen molar-refractivity contribution in [3.63, 3.8) is 0 Å². The number of hydrogen-bond donors (Lipinski definition) is 0. The summed E-state index contributed by atoms with van der Waals surface area (Å²) in [5.74, 6) is 1.05. The van der Waals surface area contributed by atoms with Gasteiger partial charge in [0, 0.05) is 18.5 Å². The summed E-state index contributed by atoms with van der Waals surface area (Å²) < 4.78 is 6.95. The molecule has 0 radical (unpaired) electrons. The lowest BCUT2D eigenvalue weighted by Crippen LogP contribution is -2.39. The number of likely N-dealkylation sites (tertiary alicyclic amines) is 1. The number of rotatable bonds is 3. The van der Waals surface area contributed by atoms with Crippen LogP contribution in [-0.2, 0) is 0 Å². The van der Waals surface area contributed by atoms with E-state index in [0.717, 1.165) is 18.4 Å². The number of carbonyl (C=O) groups is 1. The van der Waals surface area contributed by atoms with Gasteiger partial charge in [-0.1, -0.05) is 10.4 Å². The van der Waals surface area contributed by atoms with Gasteiger partial charge in [-0.25, -0.2) is 4.68 Å². The van der Waals surface area contributed by atoms with Gasteiger partial charge in [-0.3, -0.25) is 4.79 Å². The van der Waals surface area contributed by atoms with Crippen molar-refractivity contribution in [1.82, 2.24) is 30.0 Å². The molecule has 1 saturated heterocycles. The Morgan fingerprint density at radius 2 is 2.21 bits per heavy atom. The summed E-state index contributed by atoms with van der Waals surface area (Å²) in [5, 5.41) is 15.9. The fraction of sp³-hybridized carbons (Fsp3) is 0.400. The zero-order chi connectivity index (χ0) is 16.5. The summed E-state index contributed by atoms with van der Waals surface area (Å²) in [5.41, 5.74) is 1.35. The molecule has 9 heteroatoms. The van der Waals surface area contributed by atoms with E-state index in [4.69, 9.17) is 4.52 Å². The van der Waals surface area contributed by atoms with Crippen LogP contribution in [0.2, 0.25) is 0 Å². The predicted octanol–water partition coefficient (Wildman–Crippen LogP) is 2.18. The van der Waals surface area contributed by atoms with Gasteiger partial charge >= 0.3 is 0 Å². The number of carbonyl (C=O) groups excluding carboxylic acids is 1. The average Bonchev–Trinajstić information content (AvgIpc) is 3.35. The Morgan fingerprint density at radius 1 is 1.38 bits per heavy atom. The molecule has 0 unspecified atom stereocenters. The first-order chi connectivity index (χ1) is 11.7. The molecule has 0 spiro atoms. The van der Waals surface area contributed by atoms with E-state index in [0.29, 0.717) is 30.5 Å². The molecule has 3 aromatic rings. The van der Waals surface area contributed by atoms with Gasteiger partial charge < -0.3 is 9.42 Å². The number of thiophene rings is 1. The van der Waals surface area contributed by atoms with E-state index < -0.39 is 0 Å². The van der Waals surface area contributed by atoms with Crippen LogP contribution in [0.3, 0.4) is 0 Å². The van der Waals surface area contributed by atoms with Gasteiger partial charge in [0.15, 0.2) is 11.5 Å². The molecule has 124 valence electrons. The van der Waals surface area contributed by atoms with Crippen molar-refractivity contribution in [2.45, 2.75) is 25.8 Å². The van der Waals surface area contributed by atoms with Crippen molar-refractivity contribution in [2.24, 2.45) is 0 Å². The topological polar surface area (TPSA) is 89.9 Å². The third kappa shape index (κ3) is 2.82. The van der Waals surface area contributed by atoms with E-state index in [1.54, 1.807) is 18.3 Å². The van der Waals surface area contributed by atoms with Gasteiger partial charge in [-0.15, -0.1) is 5.10 Å². The number of aryl methyl sites for hydroxylation is 1. The van der Waals surface area contributed by atoms with Gasteiger partial charge in [0.1, 0.15) is 0 Å². The van der Waals surface area contributed by atoms with Crippen molar-refractivity contribution >= 4 is 17.2 Å². The molecule has 0 saturated carbocycles. The van der Waals surface area contributed by atoms with E-state index in [1.165, 1.54) is 0 Å². The van der Waals surface area contributed by atoms with E-state index >= 15 is 0 Å². The Labute approximate surface area is 142 Å². The number of aromatic nitrogens is 5. The van der Waals surface area contributed by atoms with Crippen LogP contribution in [-0.4, -0.2) is 49.0 Å². The molecule has 1 fully saturated rings. The van der Waals surface area contributed by atoms with Crippen LogP contribution in [0.4, 0.5) is 0 Å². The third-order valence-corrected chi connectivity index (χ3v) is 4.83. The van der Waals surface area contributed by atoms with Gasteiger partial charge in [0.05, 0.1) is 17.8 Å². The van der Waals surface area contributed by atoms with Crippen molar-refractivity contribution in [2.75, 3.05) is 13.1 Å². The molecule has 0 N–H and O–H groups in total. The molecule has 1 aliphatic rings. The number of amides is 1. The highest BCUT2D eigenvalue weighted by Crippen LogP contribution is 2.25. The Bertz CT molecular complexity index is 832.